The van der Waals surface area contributed by atoms with Gasteiger partial charge in [-0.05, 0) is 24.3 Å². The van der Waals surface area contributed by atoms with Crippen LogP contribution in [-0.4, -0.2) is 16.1 Å². The van der Waals surface area contributed by atoms with E-state index >= 15 is 0 Å². The fourth-order valence-corrected chi connectivity index (χ4v) is 3.20. The second-order valence-corrected chi connectivity index (χ2v) is 6.12. The van der Waals surface area contributed by atoms with Crippen molar-refractivity contribution in [2.45, 2.75) is 17.4 Å². The Morgan fingerprint density at radius 1 is 1.23 bits per heavy atom. The first-order valence-electron chi connectivity index (χ1n) is 6.61. The summed E-state index contributed by atoms with van der Waals surface area (Å²) in [4.78, 5) is 17.2. The lowest BCUT2D eigenvalue weighted by Crippen LogP contribution is -2.20. The first-order valence-corrected chi connectivity index (χ1v) is 7.81. The van der Waals surface area contributed by atoms with Gasteiger partial charge in [0, 0.05) is 17.5 Å². The van der Waals surface area contributed by atoms with Crippen LogP contribution in [-0.2, 0) is 9.53 Å². The average Bonchev–Trinajstić information content (AvgIpc) is 2.53. The number of aliphatic hydroxyl groups excluding tert-OH is 1. The molecule has 1 N–H and O–H groups in total. The number of ether oxygens (including phenoxy) is 1. The van der Waals surface area contributed by atoms with Crippen LogP contribution >= 0.6 is 23.4 Å². The van der Waals surface area contributed by atoms with Crippen molar-refractivity contribution in [3.8, 4) is 0 Å². The van der Waals surface area contributed by atoms with E-state index in [1.54, 1.807) is 36.5 Å². The van der Waals surface area contributed by atoms with Gasteiger partial charge in [0.1, 0.15) is 10.7 Å². The number of carbonyl (C=O) groups is 1. The van der Waals surface area contributed by atoms with Crippen molar-refractivity contribution in [3.63, 3.8) is 0 Å². The molecule has 1 aliphatic heterocycles. The van der Waals surface area contributed by atoms with Gasteiger partial charge in [-0.25, -0.2) is 4.79 Å². The zero-order chi connectivity index (χ0) is 15.5. The molecule has 6 heteroatoms. The van der Waals surface area contributed by atoms with Gasteiger partial charge in [0.2, 0.25) is 0 Å². The number of nitrogens with zero attached hydrogens (tertiary/aromatic N) is 1. The fourth-order valence-electron chi connectivity index (χ4n) is 2.08. The van der Waals surface area contributed by atoms with E-state index in [9.17, 15) is 9.90 Å². The van der Waals surface area contributed by atoms with E-state index in [1.807, 2.05) is 12.1 Å². The molecule has 0 spiro atoms. The molecule has 112 valence electrons. The van der Waals surface area contributed by atoms with Crippen LogP contribution in [0.3, 0.4) is 0 Å². The summed E-state index contributed by atoms with van der Waals surface area (Å²) >= 11 is 7.18. The van der Waals surface area contributed by atoms with Crippen LogP contribution < -0.4 is 0 Å². The van der Waals surface area contributed by atoms with E-state index in [-0.39, 0.29) is 17.1 Å². The second-order valence-electron chi connectivity index (χ2n) is 4.66. The van der Waals surface area contributed by atoms with E-state index in [0.717, 1.165) is 11.8 Å². The van der Waals surface area contributed by atoms with Crippen LogP contribution in [0.15, 0.2) is 64.2 Å². The first kappa shape index (κ1) is 14.9. The number of benzene rings is 1. The van der Waals surface area contributed by atoms with Crippen LogP contribution in [0.2, 0.25) is 5.02 Å². The van der Waals surface area contributed by atoms with Gasteiger partial charge in [-0.3, -0.25) is 4.98 Å². The zero-order valence-corrected chi connectivity index (χ0v) is 13.0. The summed E-state index contributed by atoms with van der Waals surface area (Å²) in [6, 6.07) is 12.5. The number of aliphatic hydroxyl groups is 1. The van der Waals surface area contributed by atoms with Crippen molar-refractivity contribution in [1.29, 1.82) is 0 Å². The summed E-state index contributed by atoms with van der Waals surface area (Å²) in [5, 5.41) is 10.7. The Balaban J connectivity index is 1.84. The lowest BCUT2D eigenvalue weighted by atomic mass is 10.1. The highest BCUT2D eigenvalue weighted by Gasteiger charge is 2.31. The first-order chi connectivity index (χ1) is 10.6. The minimum absolute atomic E-state index is 0.00294. The minimum atomic E-state index is -0.565. The summed E-state index contributed by atoms with van der Waals surface area (Å²) in [6.45, 7) is 0. The molecule has 1 aromatic heterocycles. The molecule has 0 radical (unpaired) electrons. The molecule has 1 unspecified atom stereocenters. The molecular formula is C16H12ClNO3S. The van der Waals surface area contributed by atoms with Crippen molar-refractivity contribution >= 4 is 29.3 Å². The lowest BCUT2D eigenvalue weighted by molar-refractivity contribution is -0.146. The molecule has 22 heavy (non-hydrogen) atoms. The van der Waals surface area contributed by atoms with Gasteiger partial charge in [-0.15, -0.1) is 0 Å². The van der Waals surface area contributed by atoms with E-state index in [2.05, 4.69) is 4.98 Å². The molecule has 0 fully saturated rings. The predicted molar refractivity (Wildman–Crippen MR) is 84.7 cm³/mol. The summed E-state index contributed by atoms with van der Waals surface area (Å²) in [6.07, 6.45) is 1.26. The van der Waals surface area contributed by atoms with Crippen LogP contribution in [0.4, 0.5) is 0 Å². The van der Waals surface area contributed by atoms with Gasteiger partial charge < -0.3 is 9.84 Å². The molecule has 1 aromatic carbocycles. The van der Waals surface area contributed by atoms with Crippen LogP contribution in [0, 0.1) is 0 Å². The van der Waals surface area contributed by atoms with Crippen molar-refractivity contribution in [1.82, 2.24) is 4.98 Å². The Kier molecular flexibility index (Phi) is 4.36. The summed E-state index contributed by atoms with van der Waals surface area (Å²) in [5.41, 5.74) is 0.615. The quantitative estimate of drug-likeness (QED) is 0.849. The van der Waals surface area contributed by atoms with Gasteiger partial charge in [-0.1, -0.05) is 41.6 Å². The van der Waals surface area contributed by atoms with Crippen LogP contribution in [0.5, 0.6) is 0 Å². The summed E-state index contributed by atoms with van der Waals surface area (Å²) < 4.78 is 5.38. The number of rotatable bonds is 3. The molecule has 3 rings (SSSR count). The Bertz CT molecular complexity index is 733. The highest BCUT2D eigenvalue weighted by Crippen LogP contribution is 2.40. The van der Waals surface area contributed by atoms with Crippen molar-refractivity contribution in [2.75, 3.05) is 0 Å². The van der Waals surface area contributed by atoms with Gasteiger partial charge >= 0.3 is 5.97 Å². The maximum atomic E-state index is 12.2. The number of esters is 1. The number of cyclic esters (lactones) is 1. The fraction of sp³-hybridized carbons (Fsp3) is 0.125. The predicted octanol–water partition coefficient (Wildman–Crippen LogP) is 4.28. The average molecular weight is 334 g/mol. The smallest absolute Gasteiger partial charge is 0.349 e. The number of aromatic nitrogens is 1. The Morgan fingerprint density at radius 3 is 2.68 bits per heavy atom. The summed E-state index contributed by atoms with van der Waals surface area (Å²) in [5.74, 6) is -0.568. The third kappa shape index (κ3) is 3.10. The highest BCUT2D eigenvalue weighted by atomic mass is 35.5. The molecule has 2 heterocycles. The number of carbonyl (C=O) groups excluding carboxylic acids is 1. The maximum Gasteiger partial charge on any atom is 0.349 e. The van der Waals surface area contributed by atoms with Crippen LogP contribution in [0.1, 0.15) is 18.2 Å². The van der Waals surface area contributed by atoms with Gasteiger partial charge in [0.05, 0.1) is 10.7 Å². The zero-order valence-electron chi connectivity index (χ0n) is 11.4. The van der Waals surface area contributed by atoms with Gasteiger partial charge in [-0.2, -0.15) is 0 Å². The van der Waals surface area contributed by atoms with Crippen molar-refractivity contribution in [3.05, 3.63) is 70.0 Å². The molecule has 1 atom stereocenters. The van der Waals surface area contributed by atoms with E-state index in [0.29, 0.717) is 15.6 Å². The molecule has 4 nitrogen and oxygen atoms in total. The molecule has 0 aliphatic carbocycles. The largest absolute Gasteiger partial charge is 0.511 e. The monoisotopic (exact) mass is 333 g/mol. The summed E-state index contributed by atoms with van der Waals surface area (Å²) in [7, 11) is 0. The van der Waals surface area contributed by atoms with Crippen LogP contribution in [0.25, 0.3) is 0 Å². The van der Waals surface area contributed by atoms with Crippen molar-refractivity contribution < 1.29 is 14.6 Å². The van der Waals surface area contributed by atoms with Crippen molar-refractivity contribution in [2.24, 2.45) is 0 Å². The molecule has 2 aromatic rings. The Hall–Kier alpha value is -1.98. The minimum Gasteiger partial charge on any atom is -0.511 e. The Morgan fingerprint density at radius 2 is 2.00 bits per heavy atom. The van der Waals surface area contributed by atoms with Gasteiger partial charge in [0.15, 0.2) is 6.10 Å². The molecule has 0 bridgehead atoms. The molecule has 0 amide bonds. The third-order valence-electron chi connectivity index (χ3n) is 3.14. The number of hydrogen-bond donors (Lipinski definition) is 1. The topological polar surface area (TPSA) is 59.4 Å². The maximum absolute atomic E-state index is 12.2. The normalized spacial score (nSPS) is 18.2. The molecule has 0 saturated carbocycles. The highest BCUT2D eigenvalue weighted by molar-refractivity contribution is 8.04. The number of halogens is 1. The molecule has 1 aliphatic rings. The number of thioether (sulfide) groups is 1. The molecule has 0 saturated heterocycles. The number of pyridine rings is 1. The lowest BCUT2D eigenvalue weighted by Gasteiger charge is -2.23. The van der Waals surface area contributed by atoms with E-state index in [1.165, 1.54) is 0 Å². The SMILES string of the molecule is O=C1OC(c2ccccn2)CC(O)=C1Sc1ccccc1Cl. The Labute approximate surface area is 136 Å². The van der Waals surface area contributed by atoms with E-state index < -0.39 is 12.1 Å². The van der Waals surface area contributed by atoms with E-state index in [4.69, 9.17) is 16.3 Å². The standard InChI is InChI=1S/C16H12ClNO3S/c17-10-5-1-2-7-14(10)22-15-12(19)9-13(21-16(15)20)11-6-3-4-8-18-11/h1-8,13,19H,9H2. The number of hydrogen-bond acceptors (Lipinski definition) is 5. The van der Waals surface area contributed by atoms with Gasteiger partial charge in [0.25, 0.3) is 0 Å². The molecular weight excluding hydrogens is 322 g/mol. The third-order valence-corrected chi connectivity index (χ3v) is 4.77. The second kappa shape index (κ2) is 6.42.